The van der Waals surface area contributed by atoms with Crippen molar-refractivity contribution in [1.29, 1.82) is 0 Å². The number of hydrogen-bond acceptors (Lipinski definition) is 11. The first-order valence-electron chi connectivity index (χ1n) is 43.0. The molecule has 0 amide bonds. The van der Waals surface area contributed by atoms with Gasteiger partial charge in [0.2, 0.25) is 0 Å². The van der Waals surface area contributed by atoms with E-state index in [0.717, 1.165) is 108 Å². The Labute approximate surface area is 654 Å². The van der Waals surface area contributed by atoms with E-state index in [4.69, 9.17) is 47.4 Å². The predicted octanol–water partition coefficient (Wildman–Crippen LogP) is 27.9. The molecule has 0 aromatic heterocycles. The van der Waals surface area contributed by atoms with E-state index in [0.29, 0.717) is 66.5 Å². The molecule has 0 spiro atoms. The number of ether oxygens (including phenoxy) is 10. The van der Waals surface area contributed by atoms with Gasteiger partial charge in [0.25, 0.3) is 0 Å². The van der Waals surface area contributed by atoms with Crippen LogP contribution in [0.25, 0.3) is 0 Å². The molecule has 108 heavy (non-hydrogen) atoms. The first kappa shape index (κ1) is 87.7. The van der Waals surface area contributed by atoms with Crippen LogP contribution in [0.2, 0.25) is 0 Å². The van der Waals surface area contributed by atoms with Crippen LogP contribution in [-0.2, 0) is 46.2 Å². The van der Waals surface area contributed by atoms with Gasteiger partial charge in [-0.1, -0.05) is 320 Å². The Morgan fingerprint density at radius 1 is 0.176 bits per heavy atom. The lowest BCUT2D eigenvalue weighted by atomic mass is 10.1. The van der Waals surface area contributed by atoms with Crippen molar-refractivity contribution in [3.63, 3.8) is 0 Å². The SMILES string of the molecule is CCCCCCCCCCCCOc1ccc(COc2ccc(COc3cc(CO)cc(OCc4ccc(OCc5ccc(OCCCCCCCCCCCC)cc5)c(OCc5ccc(OCCCCCCCCCCCC)cc5)c4)c3)cc2OCc2ccc(OCCCCCCCCCCCC)cc2)cc1. The van der Waals surface area contributed by atoms with Crippen LogP contribution in [0.1, 0.15) is 323 Å². The highest BCUT2D eigenvalue weighted by Gasteiger charge is 2.15. The summed E-state index contributed by atoms with van der Waals surface area (Å²) in [7, 11) is 0. The van der Waals surface area contributed by atoms with Gasteiger partial charge in [-0.05, 0) is 150 Å². The molecule has 0 aliphatic carbocycles. The second kappa shape index (κ2) is 57.6. The Hall–Kier alpha value is -7.50. The van der Waals surface area contributed by atoms with Crippen molar-refractivity contribution in [2.75, 3.05) is 26.4 Å². The number of unbranched alkanes of at least 4 members (excludes halogenated alkanes) is 36. The molecule has 0 saturated heterocycles. The van der Waals surface area contributed by atoms with Gasteiger partial charge in [0.15, 0.2) is 23.0 Å². The van der Waals surface area contributed by atoms with Crippen LogP contribution in [0.3, 0.4) is 0 Å². The van der Waals surface area contributed by atoms with E-state index < -0.39 is 0 Å². The molecule has 0 aliphatic heterocycles. The fraction of sp³-hybridized carbons (Fsp3) is 0.567. The summed E-state index contributed by atoms with van der Waals surface area (Å²) in [6, 6.07) is 50.3. The van der Waals surface area contributed by atoms with Gasteiger partial charge in [-0.15, -0.1) is 0 Å². The summed E-state index contributed by atoms with van der Waals surface area (Å²) in [5, 5.41) is 10.5. The molecule has 0 bridgehead atoms. The monoisotopic (exact) mass is 1480 g/mol. The molecule has 594 valence electrons. The van der Waals surface area contributed by atoms with Gasteiger partial charge < -0.3 is 52.5 Å². The molecule has 1 N–H and O–H groups in total. The van der Waals surface area contributed by atoms with E-state index in [9.17, 15) is 5.11 Å². The third-order valence-corrected chi connectivity index (χ3v) is 20.3. The Balaban J connectivity index is 0.951. The zero-order valence-electron chi connectivity index (χ0n) is 67.5. The lowest BCUT2D eigenvalue weighted by molar-refractivity contribution is 0.252. The number of rotatable bonds is 67. The maximum absolute atomic E-state index is 10.5. The Bertz CT molecular complexity index is 3110. The van der Waals surface area contributed by atoms with Crippen LogP contribution in [0.5, 0.6) is 57.5 Å². The van der Waals surface area contributed by atoms with Crippen LogP contribution < -0.4 is 47.4 Å². The third-order valence-electron chi connectivity index (χ3n) is 20.3. The van der Waals surface area contributed by atoms with Crippen LogP contribution in [-0.4, -0.2) is 31.5 Å². The smallest absolute Gasteiger partial charge is 0.162 e. The molecule has 0 fully saturated rings. The molecule has 0 radical (unpaired) electrons. The summed E-state index contributed by atoms with van der Waals surface area (Å²) in [5.74, 6) is 7.07. The maximum atomic E-state index is 10.5. The number of hydrogen-bond donors (Lipinski definition) is 1. The van der Waals surface area contributed by atoms with E-state index in [1.807, 2.05) is 103 Å². The minimum atomic E-state index is -0.190. The molecule has 7 rings (SSSR count). The van der Waals surface area contributed by atoms with E-state index >= 15 is 0 Å². The first-order valence-corrected chi connectivity index (χ1v) is 43.0. The average Bonchev–Trinajstić information content (AvgIpc) is 0.845. The number of benzene rings is 7. The molecule has 11 nitrogen and oxygen atoms in total. The van der Waals surface area contributed by atoms with Crippen molar-refractivity contribution < 1.29 is 52.5 Å². The highest BCUT2D eigenvalue weighted by atomic mass is 16.5. The molecule has 7 aromatic carbocycles. The average molecular weight is 1480 g/mol. The summed E-state index contributed by atoms with van der Waals surface area (Å²) >= 11 is 0. The van der Waals surface area contributed by atoms with E-state index in [2.05, 4.69) is 76.2 Å². The zero-order valence-corrected chi connectivity index (χ0v) is 67.5. The first-order chi connectivity index (χ1) is 53.4. The number of aliphatic hydroxyl groups is 1. The fourth-order valence-electron chi connectivity index (χ4n) is 13.5. The topological polar surface area (TPSA) is 113 Å². The highest BCUT2D eigenvalue weighted by molar-refractivity contribution is 5.46. The van der Waals surface area contributed by atoms with Crippen LogP contribution >= 0.6 is 0 Å². The summed E-state index contributed by atoms with van der Waals surface area (Å²) in [5.41, 5.74) is 6.52. The van der Waals surface area contributed by atoms with Gasteiger partial charge in [-0.25, -0.2) is 0 Å². The second-order valence-corrected chi connectivity index (χ2v) is 30.0. The molecule has 0 heterocycles. The zero-order chi connectivity index (χ0) is 75.6. The quantitative estimate of drug-likeness (QED) is 0.0368. The molecular weight excluding hydrogens is 1340 g/mol. The predicted molar refractivity (Wildman–Crippen MR) is 446 cm³/mol. The fourth-order valence-corrected chi connectivity index (χ4v) is 13.5. The van der Waals surface area contributed by atoms with Crippen LogP contribution in [0.4, 0.5) is 0 Å². The van der Waals surface area contributed by atoms with Crippen LogP contribution in [0, 0.1) is 0 Å². The van der Waals surface area contributed by atoms with Gasteiger partial charge in [0.1, 0.15) is 74.1 Å². The Morgan fingerprint density at radius 3 is 0.630 bits per heavy atom. The van der Waals surface area contributed by atoms with Crippen molar-refractivity contribution in [1.82, 2.24) is 0 Å². The largest absolute Gasteiger partial charge is 0.494 e. The van der Waals surface area contributed by atoms with Crippen molar-refractivity contribution in [3.05, 3.63) is 191 Å². The molecule has 0 atom stereocenters. The molecule has 11 heteroatoms. The van der Waals surface area contributed by atoms with Gasteiger partial charge >= 0.3 is 0 Å². The summed E-state index contributed by atoms with van der Waals surface area (Å²) in [6.07, 6.45) is 51.9. The van der Waals surface area contributed by atoms with E-state index in [1.54, 1.807) is 0 Å². The highest BCUT2D eigenvalue weighted by Crippen LogP contribution is 2.35. The standard InChI is InChI=1S/C97H140O11/c1-5-9-13-17-21-25-29-33-37-41-65-99-88-55-45-81(46-56-88)75-105-94-63-53-85(71-96(94)107-77-83-49-59-90(60-50-83)101-67-43-39-35-31-27-23-19-15-11-7-3)79-103-92-69-87(74-98)70-93(73-92)104-80-86-54-64-95(106-76-82-47-57-89(58-48-82)100-66-42-38-34-30-26-22-18-14-10-6-2)97(72-86)108-78-84-51-61-91(62-52-84)102-68-44-40-36-32-28-24-20-16-12-8-4/h45-64,69-73,98H,5-44,65-68,74-80H2,1-4H3. The van der Waals surface area contributed by atoms with E-state index in [-0.39, 0.29) is 19.8 Å². The molecular formula is C97H140O11. The van der Waals surface area contributed by atoms with Gasteiger partial charge in [-0.3, -0.25) is 0 Å². The van der Waals surface area contributed by atoms with Gasteiger partial charge in [0, 0.05) is 6.07 Å². The molecule has 0 aliphatic rings. The summed E-state index contributed by atoms with van der Waals surface area (Å²) in [6.45, 7) is 13.6. The van der Waals surface area contributed by atoms with E-state index in [1.165, 1.54) is 231 Å². The molecule has 0 unspecified atom stereocenters. The lowest BCUT2D eigenvalue weighted by Gasteiger charge is -2.16. The van der Waals surface area contributed by atoms with Crippen molar-refractivity contribution >= 4 is 0 Å². The molecule has 0 saturated carbocycles. The molecule has 7 aromatic rings. The Morgan fingerprint density at radius 2 is 0.389 bits per heavy atom. The van der Waals surface area contributed by atoms with Gasteiger partial charge in [-0.2, -0.15) is 0 Å². The Kier molecular flexibility index (Phi) is 46.8. The van der Waals surface area contributed by atoms with Crippen molar-refractivity contribution in [3.8, 4) is 57.5 Å². The van der Waals surface area contributed by atoms with Crippen molar-refractivity contribution in [2.24, 2.45) is 0 Å². The second-order valence-electron chi connectivity index (χ2n) is 30.0. The maximum Gasteiger partial charge on any atom is 0.162 e. The van der Waals surface area contributed by atoms with Crippen LogP contribution in [0.15, 0.2) is 152 Å². The summed E-state index contributed by atoms with van der Waals surface area (Å²) in [4.78, 5) is 0. The van der Waals surface area contributed by atoms with Gasteiger partial charge in [0.05, 0.1) is 33.0 Å². The summed E-state index contributed by atoms with van der Waals surface area (Å²) < 4.78 is 63.9. The number of aliphatic hydroxyl groups excluding tert-OH is 1. The normalized spacial score (nSPS) is 11.2. The van der Waals surface area contributed by atoms with Crippen molar-refractivity contribution in [2.45, 2.75) is 331 Å². The third kappa shape index (κ3) is 39.2. The minimum Gasteiger partial charge on any atom is -0.494 e. The minimum absolute atomic E-state index is 0.190. The lowest BCUT2D eigenvalue weighted by Crippen LogP contribution is -2.04.